The second-order valence-corrected chi connectivity index (χ2v) is 6.78. The normalized spacial score (nSPS) is 12.0. The number of carbonyl (C=O) groups is 1. The summed E-state index contributed by atoms with van der Waals surface area (Å²) in [5.41, 5.74) is 7.47. The molecule has 0 radical (unpaired) electrons. The Bertz CT molecular complexity index is 927. The van der Waals surface area contributed by atoms with Crippen molar-refractivity contribution in [3.63, 3.8) is 0 Å². The van der Waals surface area contributed by atoms with E-state index in [0.29, 0.717) is 22.1 Å². The molecule has 8 heteroatoms. The summed E-state index contributed by atoms with van der Waals surface area (Å²) in [5, 5.41) is 11.8. The molecule has 134 valence electrons. The highest BCUT2D eigenvalue weighted by Gasteiger charge is 2.20. The van der Waals surface area contributed by atoms with E-state index in [2.05, 4.69) is 15.5 Å². The first-order chi connectivity index (χ1) is 12.4. The number of amides is 1. The summed E-state index contributed by atoms with van der Waals surface area (Å²) in [6.45, 7) is 1.41. The van der Waals surface area contributed by atoms with Crippen molar-refractivity contribution in [2.75, 3.05) is 5.73 Å². The van der Waals surface area contributed by atoms with Crippen LogP contribution in [0.1, 0.15) is 23.5 Å². The average Bonchev–Trinajstić information content (AvgIpc) is 3.05. The quantitative estimate of drug-likeness (QED) is 0.670. The lowest BCUT2D eigenvalue weighted by molar-refractivity contribution is -0.119. The number of anilines is 1. The number of rotatable bonds is 5. The SMILES string of the molecule is CC(=O)N[C@@H](Cc1ccc(N)cc1)c1nnc(-c2ccc(F)cc2F)s1. The standard InChI is InChI=1S/C18H16F2N4OS/c1-10(25)22-16(8-11-2-5-13(21)6-3-11)18-24-23-17(26-18)14-7-4-12(19)9-15(14)20/h2-7,9,16H,8,21H2,1H3,(H,22,25)/t16-/m0/s1. The van der Waals surface area contributed by atoms with Crippen molar-refractivity contribution in [2.45, 2.75) is 19.4 Å². The largest absolute Gasteiger partial charge is 0.399 e. The minimum atomic E-state index is -0.706. The summed E-state index contributed by atoms with van der Waals surface area (Å²) in [7, 11) is 0. The Kier molecular flexibility index (Phi) is 5.22. The van der Waals surface area contributed by atoms with Crippen LogP contribution in [0.15, 0.2) is 42.5 Å². The molecule has 3 aromatic rings. The number of nitrogens with one attached hydrogen (secondary N) is 1. The number of carbonyl (C=O) groups excluding carboxylic acids is 1. The minimum Gasteiger partial charge on any atom is -0.399 e. The second-order valence-electron chi connectivity index (χ2n) is 5.77. The van der Waals surface area contributed by atoms with E-state index in [-0.39, 0.29) is 11.5 Å². The number of nitrogens with zero attached hydrogens (tertiary/aromatic N) is 2. The predicted molar refractivity (Wildman–Crippen MR) is 96.4 cm³/mol. The molecule has 0 saturated heterocycles. The van der Waals surface area contributed by atoms with Crippen LogP contribution in [-0.4, -0.2) is 16.1 Å². The van der Waals surface area contributed by atoms with Gasteiger partial charge in [0.05, 0.1) is 6.04 Å². The summed E-state index contributed by atoms with van der Waals surface area (Å²) in [5.74, 6) is -1.58. The van der Waals surface area contributed by atoms with Crippen molar-refractivity contribution in [1.82, 2.24) is 15.5 Å². The van der Waals surface area contributed by atoms with Crippen LogP contribution in [0, 0.1) is 11.6 Å². The predicted octanol–water partition coefficient (Wildman–Crippen LogP) is 3.49. The molecule has 0 spiro atoms. The highest BCUT2D eigenvalue weighted by atomic mass is 32.1. The van der Waals surface area contributed by atoms with Gasteiger partial charge in [-0.1, -0.05) is 23.5 Å². The van der Waals surface area contributed by atoms with E-state index in [1.165, 1.54) is 19.1 Å². The van der Waals surface area contributed by atoms with E-state index in [4.69, 9.17) is 5.73 Å². The third kappa shape index (κ3) is 4.20. The number of hydrogen-bond donors (Lipinski definition) is 2. The Balaban J connectivity index is 1.88. The zero-order chi connectivity index (χ0) is 18.7. The van der Waals surface area contributed by atoms with Crippen LogP contribution in [-0.2, 0) is 11.2 Å². The van der Waals surface area contributed by atoms with Crippen LogP contribution in [0.3, 0.4) is 0 Å². The molecule has 0 unspecified atom stereocenters. The fraction of sp³-hybridized carbons (Fsp3) is 0.167. The van der Waals surface area contributed by atoms with Crippen LogP contribution < -0.4 is 11.1 Å². The topological polar surface area (TPSA) is 80.9 Å². The highest BCUT2D eigenvalue weighted by Crippen LogP contribution is 2.30. The molecule has 0 aliphatic heterocycles. The van der Waals surface area contributed by atoms with E-state index in [9.17, 15) is 13.6 Å². The molecule has 0 fully saturated rings. The Labute approximate surface area is 152 Å². The van der Waals surface area contributed by atoms with Gasteiger partial charge in [0.15, 0.2) is 5.01 Å². The number of benzene rings is 2. The molecular formula is C18H16F2N4OS. The van der Waals surface area contributed by atoms with E-state index in [0.717, 1.165) is 23.0 Å². The van der Waals surface area contributed by atoms with Crippen LogP contribution in [0.5, 0.6) is 0 Å². The summed E-state index contributed by atoms with van der Waals surface area (Å²) in [6, 6.07) is 10.2. The van der Waals surface area contributed by atoms with Crippen molar-refractivity contribution >= 4 is 22.9 Å². The monoisotopic (exact) mass is 374 g/mol. The fourth-order valence-corrected chi connectivity index (χ4v) is 3.40. The zero-order valence-corrected chi connectivity index (χ0v) is 14.7. The first kappa shape index (κ1) is 17.9. The molecular weight excluding hydrogens is 358 g/mol. The van der Waals surface area contributed by atoms with Gasteiger partial charge in [-0.3, -0.25) is 4.79 Å². The highest BCUT2D eigenvalue weighted by molar-refractivity contribution is 7.14. The molecule has 0 aliphatic rings. The molecule has 1 amide bonds. The fourth-order valence-electron chi connectivity index (χ4n) is 2.48. The van der Waals surface area contributed by atoms with Crippen molar-refractivity contribution in [3.05, 3.63) is 64.7 Å². The van der Waals surface area contributed by atoms with Crippen molar-refractivity contribution in [1.29, 1.82) is 0 Å². The summed E-state index contributed by atoms with van der Waals surface area (Å²) in [6.07, 6.45) is 0.487. The molecule has 1 heterocycles. The van der Waals surface area contributed by atoms with Gasteiger partial charge >= 0.3 is 0 Å². The number of aromatic nitrogens is 2. The van der Waals surface area contributed by atoms with Crippen molar-refractivity contribution in [2.24, 2.45) is 0 Å². The Morgan fingerprint density at radius 2 is 1.92 bits per heavy atom. The van der Waals surface area contributed by atoms with E-state index in [1.807, 2.05) is 12.1 Å². The maximum Gasteiger partial charge on any atom is 0.217 e. The number of halogens is 2. The number of nitrogens with two attached hydrogens (primary N) is 1. The van der Waals surface area contributed by atoms with Gasteiger partial charge in [-0.25, -0.2) is 8.78 Å². The lowest BCUT2D eigenvalue weighted by Gasteiger charge is -2.15. The van der Waals surface area contributed by atoms with Crippen LogP contribution in [0.2, 0.25) is 0 Å². The van der Waals surface area contributed by atoms with Gasteiger partial charge in [0.1, 0.15) is 16.6 Å². The summed E-state index contributed by atoms with van der Waals surface area (Å²) < 4.78 is 27.0. The van der Waals surface area contributed by atoms with Gasteiger partial charge in [0, 0.05) is 24.2 Å². The van der Waals surface area contributed by atoms with E-state index in [1.54, 1.807) is 12.1 Å². The Hall–Kier alpha value is -2.87. The molecule has 0 aliphatic carbocycles. The smallest absolute Gasteiger partial charge is 0.217 e. The van der Waals surface area contributed by atoms with Gasteiger partial charge in [0.25, 0.3) is 0 Å². The minimum absolute atomic E-state index is 0.171. The molecule has 5 nitrogen and oxygen atoms in total. The van der Waals surface area contributed by atoms with Crippen LogP contribution in [0.4, 0.5) is 14.5 Å². The third-order valence-corrected chi connectivity index (χ3v) is 4.77. The maximum absolute atomic E-state index is 14.0. The summed E-state index contributed by atoms with van der Waals surface area (Å²) in [4.78, 5) is 11.6. The summed E-state index contributed by atoms with van der Waals surface area (Å²) >= 11 is 1.15. The molecule has 1 aromatic heterocycles. The van der Waals surface area contributed by atoms with Gasteiger partial charge < -0.3 is 11.1 Å². The molecule has 0 saturated carbocycles. The molecule has 3 N–H and O–H groups in total. The van der Waals surface area contributed by atoms with E-state index >= 15 is 0 Å². The third-order valence-electron chi connectivity index (χ3n) is 3.70. The molecule has 1 atom stereocenters. The Morgan fingerprint density at radius 1 is 1.19 bits per heavy atom. The first-order valence-corrected chi connectivity index (χ1v) is 8.64. The lowest BCUT2D eigenvalue weighted by atomic mass is 10.1. The van der Waals surface area contributed by atoms with Gasteiger partial charge in [-0.05, 0) is 36.2 Å². The molecule has 26 heavy (non-hydrogen) atoms. The maximum atomic E-state index is 14.0. The average molecular weight is 374 g/mol. The van der Waals surface area contributed by atoms with Crippen molar-refractivity contribution in [3.8, 4) is 10.6 Å². The Morgan fingerprint density at radius 3 is 2.58 bits per heavy atom. The van der Waals surface area contributed by atoms with Gasteiger partial charge in [0.2, 0.25) is 5.91 Å². The number of nitrogen functional groups attached to an aromatic ring is 1. The molecule has 3 rings (SSSR count). The van der Waals surface area contributed by atoms with Crippen molar-refractivity contribution < 1.29 is 13.6 Å². The molecule has 2 aromatic carbocycles. The zero-order valence-electron chi connectivity index (χ0n) is 13.9. The first-order valence-electron chi connectivity index (χ1n) is 7.82. The second kappa shape index (κ2) is 7.57. The lowest BCUT2D eigenvalue weighted by Crippen LogP contribution is -2.27. The van der Waals surface area contributed by atoms with E-state index < -0.39 is 17.7 Å². The number of hydrogen-bond acceptors (Lipinski definition) is 5. The molecule has 0 bridgehead atoms. The van der Waals surface area contributed by atoms with Gasteiger partial charge in [-0.15, -0.1) is 10.2 Å². The van der Waals surface area contributed by atoms with Crippen LogP contribution in [0.25, 0.3) is 10.6 Å². The van der Waals surface area contributed by atoms with Crippen LogP contribution >= 0.6 is 11.3 Å². The van der Waals surface area contributed by atoms with Gasteiger partial charge in [-0.2, -0.15) is 0 Å².